The molecule has 0 saturated heterocycles. The molecular formula is C20H15ClFNO4. The molecule has 0 aliphatic rings. The molecule has 0 aliphatic heterocycles. The number of esters is 1. The fourth-order valence-corrected chi connectivity index (χ4v) is 2.77. The van der Waals surface area contributed by atoms with Gasteiger partial charge < -0.3 is 14.8 Å². The van der Waals surface area contributed by atoms with Gasteiger partial charge in [0.05, 0.1) is 18.4 Å². The Morgan fingerprint density at radius 2 is 1.81 bits per heavy atom. The van der Waals surface area contributed by atoms with Gasteiger partial charge in [0.15, 0.2) is 6.61 Å². The van der Waals surface area contributed by atoms with Crippen molar-refractivity contribution in [1.29, 1.82) is 0 Å². The van der Waals surface area contributed by atoms with Crippen LogP contribution in [0.15, 0.2) is 54.6 Å². The predicted octanol–water partition coefficient (Wildman–Crippen LogP) is 4.44. The maximum atomic E-state index is 13.9. The number of amides is 1. The normalized spacial score (nSPS) is 10.5. The fraction of sp³-hybridized carbons (Fsp3) is 0.100. The first-order valence-electron chi connectivity index (χ1n) is 7.97. The molecule has 3 rings (SSSR count). The summed E-state index contributed by atoms with van der Waals surface area (Å²) < 4.78 is 24.1. The topological polar surface area (TPSA) is 64.6 Å². The lowest BCUT2D eigenvalue weighted by atomic mass is 10.1. The van der Waals surface area contributed by atoms with Crippen molar-refractivity contribution in [2.45, 2.75) is 0 Å². The summed E-state index contributed by atoms with van der Waals surface area (Å²) in [7, 11) is 1.24. The van der Waals surface area contributed by atoms with Crippen LogP contribution in [-0.4, -0.2) is 25.6 Å². The molecule has 0 aliphatic carbocycles. The van der Waals surface area contributed by atoms with Crippen molar-refractivity contribution in [3.8, 4) is 5.75 Å². The standard InChI is InChI=1S/C20H15ClFNO4/c1-26-20(25)15-7-6-12(21)10-17(15)23-19(24)11-27-18-9-8-16(22)13-4-2-3-5-14(13)18/h2-10H,11H2,1H3,(H,23,24). The van der Waals surface area contributed by atoms with Crippen LogP contribution in [0.25, 0.3) is 10.8 Å². The average molecular weight is 388 g/mol. The zero-order chi connectivity index (χ0) is 19.4. The first-order chi connectivity index (χ1) is 13.0. The van der Waals surface area contributed by atoms with Gasteiger partial charge >= 0.3 is 5.97 Å². The summed E-state index contributed by atoms with van der Waals surface area (Å²) in [5, 5.41) is 3.88. The predicted molar refractivity (Wildman–Crippen MR) is 101 cm³/mol. The molecule has 0 fully saturated rings. The Morgan fingerprint density at radius 3 is 2.56 bits per heavy atom. The lowest BCUT2D eigenvalue weighted by Crippen LogP contribution is -2.22. The van der Waals surface area contributed by atoms with Crippen molar-refractivity contribution in [1.82, 2.24) is 0 Å². The van der Waals surface area contributed by atoms with Gasteiger partial charge in [-0.3, -0.25) is 4.79 Å². The Bertz CT molecular complexity index is 1020. The molecule has 0 heterocycles. The summed E-state index contributed by atoms with van der Waals surface area (Å²) in [5.74, 6) is -1.10. The summed E-state index contributed by atoms with van der Waals surface area (Å²) in [5.41, 5.74) is 0.384. The third-order valence-corrected chi connectivity index (χ3v) is 4.09. The summed E-state index contributed by atoms with van der Waals surface area (Å²) in [6.07, 6.45) is 0. The van der Waals surface area contributed by atoms with Gasteiger partial charge in [0, 0.05) is 15.8 Å². The van der Waals surface area contributed by atoms with E-state index in [2.05, 4.69) is 10.1 Å². The van der Waals surface area contributed by atoms with Crippen molar-refractivity contribution in [2.75, 3.05) is 19.0 Å². The zero-order valence-corrected chi connectivity index (χ0v) is 15.0. The molecular weight excluding hydrogens is 373 g/mol. The molecule has 3 aromatic rings. The van der Waals surface area contributed by atoms with Crippen LogP contribution in [0.3, 0.4) is 0 Å². The van der Waals surface area contributed by atoms with Crippen LogP contribution in [-0.2, 0) is 9.53 Å². The summed E-state index contributed by atoms with van der Waals surface area (Å²) in [6, 6.07) is 14.0. The van der Waals surface area contributed by atoms with E-state index >= 15 is 0 Å². The number of carbonyl (C=O) groups excluding carboxylic acids is 2. The van der Waals surface area contributed by atoms with Crippen molar-refractivity contribution >= 4 is 39.9 Å². The summed E-state index contributed by atoms with van der Waals surface area (Å²) in [6.45, 7) is -0.331. The SMILES string of the molecule is COC(=O)c1ccc(Cl)cc1NC(=O)COc1ccc(F)c2ccccc12. The van der Waals surface area contributed by atoms with Crippen LogP contribution >= 0.6 is 11.6 Å². The highest BCUT2D eigenvalue weighted by Gasteiger charge is 2.15. The number of anilines is 1. The number of hydrogen-bond acceptors (Lipinski definition) is 4. The number of benzene rings is 3. The van der Waals surface area contributed by atoms with Gasteiger partial charge in [-0.2, -0.15) is 0 Å². The molecule has 1 N–H and O–H groups in total. The zero-order valence-electron chi connectivity index (χ0n) is 14.3. The van der Waals surface area contributed by atoms with Gasteiger partial charge in [0.2, 0.25) is 0 Å². The van der Waals surface area contributed by atoms with Crippen LogP contribution in [0.1, 0.15) is 10.4 Å². The molecule has 0 aromatic heterocycles. The van der Waals surface area contributed by atoms with Crippen LogP contribution in [0.5, 0.6) is 5.75 Å². The minimum Gasteiger partial charge on any atom is -0.483 e. The second-order valence-corrected chi connectivity index (χ2v) is 6.05. The number of nitrogens with one attached hydrogen (secondary N) is 1. The van der Waals surface area contributed by atoms with E-state index in [1.165, 1.54) is 37.4 Å². The van der Waals surface area contributed by atoms with E-state index in [-0.39, 0.29) is 23.7 Å². The number of methoxy groups -OCH3 is 1. The van der Waals surface area contributed by atoms with Crippen LogP contribution < -0.4 is 10.1 Å². The third-order valence-electron chi connectivity index (χ3n) is 3.85. The number of carbonyl (C=O) groups is 2. The number of ether oxygens (including phenoxy) is 2. The highest BCUT2D eigenvalue weighted by Crippen LogP contribution is 2.28. The minimum atomic E-state index is -0.604. The third kappa shape index (κ3) is 4.17. The Labute approximate surface area is 159 Å². The van der Waals surface area contributed by atoms with E-state index in [0.29, 0.717) is 21.5 Å². The van der Waals surface area contributed by atoms with Gasteiger partial charge in [0.25, 0.3) is 5.91 Å². The Kier molecular flexibility index (Phi) is 5.57. The van der Waals surface area contributed by atoms with E-state index in [4.69, 9.17) is 16.3 Å². The number of hydrogen-bond donors (Lipinski definition) is 1. The molecule has 0 unspecified atom stereocenters. The Hall–Kier alpha value is -3.12. The van der Waals surface area contributed by atoms with E-state index in [1.807, 2.05) is 0 Å². The van der Waals surface area contributed by atoms with Crippen LogP contribution in [0.2, 0.25) is 5.02 Å². The molecule has 0 bridgehead atoms. The molecule has 138 valence electrons. The van der Waals surface area contributed by atoms with E-state index in [0.717, 1.165) is 0 Å². The quantitative estimate of drug-likeness (QED) is 0.657. The monoisotopic (exact) mass is 387 g/mol. The number of rotatable bonds is 5. The van der Waals surface area contributed by atoms with Crippen LogP contribution in [0.4, 0.5) is 10.1 Å². The van der Waals surface area contributed by atoms with Gasteiger partial charge in [-0.1, -0.05) is 35.9 Å². The van der Waals surface area contributed by atoms with Gasteiger partial charge in [-0.05, 0) is 30.3 Å². The van der Waals surface area contributed by atoms with Crippen molar-refractivity contribution in [3.63, 3.8) is 0 Å². The Morgan fingerprint density at radius 1 is 1.07 bits per heavy atom. The summed E-state index contributed by atoms with van der Waals surface area (Å²) in [4.78, 5) is 24.1. The molecule has 0 atom stereocenters. The fourth-order valence-electron chi connectivity index (χ4n) is 2.60. The van der Waals surface area contributed by atoms with E-state index < -0.39 is 11.9 Å². The molecule has 1 amide bonds. The number of fused-ring (bicyclic) bond motifs is 1. The Balaban J connectivity index is 1.76. The molecule has 7 heteroatoms. The maximum absolute atomic E-state index is 13.9. The molecule has 3 aromatic carbocycles. The molecule has 27 heavy (non-hydrogen) atoms. The largest absolute Gasteiger partial charge is 0.483 e. The van der Waals surface area contributed by atoms with Gasteiger partial charge in [-0.25, -0.2) is 9.18 Å². The maximum Gasteiger partial charge on any atom is 0.339 e. The molecule has 5 nitrogen and oxygen atoms in total. The second kappa shape index (κ2) is 8.05. The van der Waals surface area contributed by atoms with Crippen molar-refractivity contribution in [3.05, 3.63) is 71.0 Å². The van der Waals surface area contributed by atoms with Gasteiger partial charge in [0.1, 0.15) is 11.6 Å². The van der Waals surface area contributed by atoms with E-state index in [1.54, 1.807) is 24.3 Å². The van der Waals surface area contributed by atoms with Crippen LogP contribution in [0, 0.1) is 5.82 Å². The summed E-state index contributed by atoms with van der Waals surface area (Å²) >= 11 is 5.93. The van der Waals surface area contributed by atoms with Crippen molar-refractivity contribution in [2.24, 2.45) is 0 Å². The lowest BCUT2D eigenvalue weighted by Gasteiger charge is -2.12. The first kappa shape index (κ1) is 18.7. The molecule has 0 spiro atoms. The van der Waals surface area contributed by atoms with Gasteiger partial charge in [-0.15, -0.1) is 0 Å². The first-order valence-corrected chi connectivity index (χ1v) is 8.35. The van der Waals surface area contributed by atoms with Crippen molar-refractivity contribution < 1.29 is 23.5 Å². The lowest BCUT2D eigenvalue weighted by molar-refractivity contribution is -0.118. The minimum absolute atomic E-state index is 0.169. The molecule has 0 saturated carbocycles. The highest BCUT2D eigenvalue weighted by atomic mass is 35.5. The molecule has 0 radical (unpaired) electrons. The smallest absolute Gasteiger partial charge is 0.339 e. The second-order valence-electron chi connectivity index (χ2n) is 5.61. The number of halogens is 2. The highest BCUT2D eigenvalue weighted by molar-refractivity contribution is 6.31. The van der Waals surface area contributed by atoms with E-state index in [9.17, 15) is 14.0 Å². The average Bonchev–Trinajstić information content (AvgIpc) is 2.67.